The van der Waals surface area contributed by atoms with E-state index in [4.69, 9.17) is 22.0 Å². The number of hydrogen-bond donors (Lipinski definition) is 1. The van der Waals surface area contributed by atoms with Crippen molar-refractivity contribution in [3.63, 3.8) is 0 Å². The first kappa shape index (κ1) is 12.5. The van der Waals surface area contributed by atoms with E-state index in [-0.39, 0.29) is 5.15 Å². The molecule has 1 aromatic rings. The van der Waals surface area contributed by atoms with Gasteiger partial charge < -0.3 is 14.9 Å². The second kappa shape index (κ2) is 5.10. The lowest BCUT2D eigenvalue weighted by Gasteiger charge is -2.33. The normalized spacial score (nSPS) is 15.3. The van der Waals surface area contributed by atoms with Crippen LogP contribution in [0.3, 0.4) is 0 Å². The topological polar surface area (TPSA) is 80.5 Å². The van der Waals surface area contributed by atoms with Gasteiger partial charge in [-0.15, -0.1) is 0 Å². The smallest absolute Gasteiger partial charge is 0.407 e. The highest BCUT2D eigenvalue weighted by Gasteiger charge is 2.21. The van der Waals surface area contributed by atoms with Crippen molar-refractivity contribution in [2.45, 2.75) is 0 Å². The Balaban J connectivity index is 2.08. The summed E-state index contributed by atoms with van der Waals surface area (Å²) in [7, 11) is 0. The summed E-state index contributed by atoms with van der Waals surface area (Å²) in [5, 5.41) is 17.8. The van der Waals surface area contributed by atoms with Crippen molar-refractivity contribution < 1.29 is 9.90 Å². The molecule has 1 amide bonds. The van der Waals surface area contributed by atoms with Crippen molar-refractivity contribution in [1.82, 2.24) is 9.88 Å². The van der Waals surface area contributed by atoms with Crippen molar-refractivity contribution in [1.29, 1.82) is 5.26 Å². The molecular formula is C11H11ClN4O2. The average Bonchev–Trinajstić information content (AvgIpc) is 2.38. The van der Waals surface area contributed by atoms with E-state index < -0.39 is 6.09 Å². The molecule has 0 aromatic carbocycles. The fourth-order valence-corrected chi connectivity index (χ4v) is 2.00. The summed E-state index contributed by atoms with van der Waals surface area (Å²) in [4.78, 5) is 18.2. The molecule has 0 atom stereocenters. The van der Waals surface area contributed by atoms with Crippen LogP contribution in [-0.4, -0.2) is 47.3 Å². The summed E-state index contributed by atoms with van der Waals surface area (Å²) in [6, 6.07) is 5.29. The number of nitrogens with zero attached hydrogens (tertiary/aromatic N) is 4. The molecule has 1 aromatic heterocycles. The number of carboxylic acid groups (broad SMARTS) is 1. The van der Waals surface area contributed by atoms with E-state index in [1.807, 2.05) is 11.0 Å². The van der Waals surface area contributed by atoms with Crippen LogP contribution in [0.15, 0.2) is 12.1 Å². The summed E-state index contributed by atoms with van der Waals surface area (Å²) >= 11 is 5.86. The number of amides is 1. The van der Waals surface area contributed by atoms with Gasteiger partial charge in [0.05, 0.1) is 5.56 Å². The Hall–Kier alpha value is -2.00. The third-order valence-electron chi connectivity index (χ3n) is 2.83. The summed E-state index contributed by atoms with van der Waals surface area (Å²) < 4.78 is 0. The van der Waals surface area contributed by atoms with E-state index in [2.05, 4.69) is 4.98 Å². The molecule has 2 rings (SSSR count). The molecule has 0 aliphatic carbocycles. The minimum Gasteiger partial charge on any atom is -0.465 e. The number of anilines is 1. The van der Waals surface area contributed by atoms with Gasteiger partial charge in [0, 0.05) is 26.2 Å². The van der Waals surface area contributed by atoms with Crippen LogP contribution >= 0.6 is 11.6 Å². The van der Waals surface area contributed by atoms with Crippen molar-refractivity contribution in [3.8, 4) is 6.07 Å². The van der Waals surface area contributed by atoms with Crippen LogP contribution in [0.4, 0.5) is 10.6 Å². The third kappa shape index (κ3) is 2.46. The minimum absolute atomic E-state index is 0.177. The third-order valence-corrected chi connectivity index (χ3v) is 3.12. The van der Waals surface area contributed by atoms with Gasteiger partial charge in [-0.2, -0.15) is 5.26 Å². The monoisotopic (exact) mass is 266 g/mol. The van der Waals surface area contributed by atoms with E-state index in [0.717, 1.165) is 0 Å². The van der Waals surface area contributed by atoms with Crippen LogP contribution < -0.4 is 4.90 Å². The molecular weight excluding hydrogens is 256 g/mol. The number of aromatic nitrogens is 1. The molecule has 1 saturated heterocycles. The van der Waals surface area contributed by atoms with Crippen molar-refractivity contribution in [2.24, 2.45) is 0 Å². The highest BCUT2D eigenvalue weighted by molar-refractivity contribution is 6.30. The first-order valence-corrected chi connectivity index (χ1v) is 5.79. The number of halogens is 1. The number of hydrogen-bond acceptors (Lipinski definition) is 4. The lowest BCUT2D eigenvalue weighted by Crippen LogP contribution is -2.48. The van der Waals surface area contributed by atoms with Gasteiger partial charge in [-0.05, 0) is 12.1 Å². The molecule has 18 heavy (non-hydrogen) atoms. The Labute approximate surface area is 109 Å². The highest BCUT2D eigenvalue weighted by Crippen LogP contribution is 2.19. The molecule has 0 bridgehead atoms. The van der Waals surface area contributed by atoms with Crippen molar-refractivity contribution in [2.75, 3.05) is 31.1 Å². The number of piperazine rings is 1. The lowest BCUT2D eigenvalue weighted by atomic mass is 10.2. The Morgan fingerprint density at radius 1 is 1.39 bits per heavy atom. The number of carbonyl (C=O) groups is 1. The first-order valence-electron chi connectivity index (χ1n) is 5.41. The number of nitriles is 1. The van der Waals surface area contributed by atoms with E-state index in [9.17, 15) is 4.79 Å². The number of rotatable bonds is 1. The van der Waals surface area contributed by atoms with Crippen LogP contribution in [-0.2, 0) is 0 Å². The van der Waals surface area contributed by atoms with Crippen molar-refractivity contribution in [3.05, 3.63) is 22.8 Å². The molecule has 1 aliphatic rings. The summed E-state index contributed by atoms with van der Waals surface area (Å²) in [6.07, 6.45) is -0.902. The van der Waals surface area contributed by atoms with E-state index in [1.54, 1.807) is 12.1 Å². The van der Waals surface area contributed by atoms with Crippen LogP contribution in [0.5, 0.6) is 0 Å². The largest absolute Gasteiger partial charge is 0.465 e. The molecule has 1 fully saturated rings. The Bertz CT molecular complexity index is 506. The molecule has 0 unspecified atom stereocenters. The van der Waals surface area contributed by atoms with E-state index in [1.165, 1.54) is 4.90 Å². The minimum atomic E-state index is -0.902. The second-order valence-electron chi connectivity index (χ2n) is 3.88. The van der Waals surface area contributed by atoms with Gasteiger partial charge in [-0.25, -0.2) is 9.78 Å². The Kier molecular flexibility index (Phi) is 3.53. The Morgan fingerprint density at radius 2 is 2.06 bits per heavy atom. The first-order chi connectivity index (χ1) is 8.61. The van der Waals surface area contributed by atoms with Gasteiger partial charge in [0.15, 0.2) is 0 Å². The molecule has 94 valence electrons. The summed E-state index contributed by atoms with van der Waals surface area (Å²) in [6.45, 7) is 2.02. The molecule has 2 heterocycles. The fraction of sp³-hybridized carbons (Fsp3) is 0.364. The fourth-order valence-electron chi connectivity index (χ4n) is 1.81. The lowest BCUT2D eigenvalue weighted by molar-refractivity contribution is 0.142. The zero-order valence-electron chi connectivity index (χ0n) is 9.51. The maximum absolute atomic E-state index is 10.8. The second-order valence-corrected chi connectivity index (χ2v) is 4.23. The van der Waals surface area contributed by atoms with Gasteiger partial charge >= 0.3 is 6.09 Å². The molecule has 0 radical (unpaired) electrons. The predicted octanol–water partition coefficient (Wildman–Crippen LogP) is 1.41. The van der Waals surface area contributed by atoms with Gasteiger partial charge in [-0.1, -0.05) is 11.6 Å². The number of pyridine rings is 1. The predicted molar refractivity (Wildman–Crippen MR) is 65.8 cm³/mol. The molecule has 1 N–H and O–H groups in total. The summed E-state index contributed by atoms with van der Waals surface area (Å²) in [5.41, 5.74) is 0.338. The van der Waals surface area contributed by atoms with Crippen LogP contribution in [0.25, 0.3) is 0 Å². The standard InChI is InChI=1S/C11H11ClN4O2/c12-10-8(7-13)1-2-9(14-10)15-3-5-16(6-4-15)11(17)18/h1-2H,3-6H2,(H,17,18). The molecule has 7 heteroatoms. The van der Waals surface area contributed by atoms with Gasteiger partial charge in [0.2, 0.25) is 0 Å². The molecule has 6 nitrogen and oxygen atoms in total. The van der Waals surface area contributed by atoms with Crippen LogP contribution in [0.2, 0.25) is 5.15 Å². The van der Waals surface area contributed by atoms with Gasteiger partial charge in [-0.3, -0.25) is 0 Å². The quantitative estimate of drug-likeness (QED) is 0.777. The zero-order chi connectivity index (χ0) is 13.1. The molecule has 0 saturated carbocycles. The highest BCUT2D eigenvalue weighted by atomic mass is 35.5. The van der Waals surface area contributed by atoms with Crippen molar-refractivity contribution >= 4 is 23.5 Å². The maximum Gasteiger partial charge on any atom is 0.407 e. The average molecular weight is 267 g/mol. The van der Waals surface area contributed by atoms with Gasteiger partial charge in [0.1, 0.15) is 17.0 Å². The Morgan fingerprint density at radius 3 is 2.56 bits per heavy atom. The summed E-state index contributed by atoms with van der Waals surface area (Å²) in [5.74, 6) is 0.670. The maximum atomic E-state index is 10.8. The SMILES string of the molecule is N#Cc1ccc(N2CCN(C(=O)O)CC2)nc1Cl. The van der Waals surface area contributed by atoms with Crippen LogP contribution in [0, 0.1) is 11.3 Å². The molecule has 0 spiro atoms. The van der Waals surface area contributed by atoms with E-state index >= 15 is 0 Å². The van der Waals surface area contributed by atoms with Crippen LogP contribution in [0.1, 0.15) is 5.56 Å². The van der Waals surface area contributed by atoms with Gasteiger partial charge in [0.25, 0.3) is 0 Å². The van der Waals surface area contributed by atoms with E-state index in [0.29, 0.717) is 37.6 Å². The molecule has 1 aliphatic heterocycles. The zero-order valence-corrected chi connectivity index (χ0v) is 10.3.